The minimum Gasteiger partial charge on any atom is -0.507 e. The number of para-hydroxylation sites is 1. The molecule has 0 aliphatic carbocycles. The quantitative estimate of drug-likeness (QED) is 0.246. The van der Waals surface area contributed by atoms with Gasteiger partial charge in [0, 0.05) is 12.6 Å². The average Bonchev–Trinajstić information content (AvgIpc) is 2.57. The van der Waals surface area contributed by atoms with Crippen LogP contribution >= 0.6 is 0 Å². The molecule has 25 heavy (non-hydrogen) atoms. The van der Waals surface area contributed by atoms with Crippen molar-refractivity contribution in [1.82, 2.24) is 5.48 Å². The normalized spacial score (nSPS) is 9.20. The summed E-state index contributed by atoms with van der Waals surface area (Å²) in [7, 11) is 0. The summed E-state index contributed by atoms with van der Waals surface area (Å²) in [6, 6.07) is 11.6. The van der Waals surface area contributed by atoms with Gasteiger partial charge in [0.25, 0.3) is 0 Å². The van der Waals surface area contributed by atoms with Gasteiger partial charge in [-0.25, -0.2) is 15.1 Å². The van der Waals surface area contributed by atoms with Crippen LogP contribution in [0.2, 0.25) is 0 Å². The zero-order chi connectivity index (χ0) is 18.8. The molecule has 3 amide bonds. The van der Waals surface area contributed by atoms with E-state index in [-0.39, 0.29) is 17.2 Å². The van der Waals surface area contributed by atoms with Gasteiger partial charge < -0.3 is 20.9 Å². The molecule has 2 rings (SSSR count). The molecule has 0 saturated carbocycles. The van der Waals surface area contributed by atoms with Gasteiger partial charge in [-0.05, 0) is 36.4 Å². The molecular formula is C16H17N3O6. The first kappa shape index (κ1) is 19.5. The number of nitrogens with two attached hydrogens (primary N) is 1. The van der Waals surface area contributed by atoms with Crippen molar-refractivity contribution in [3.8, 4) is 11.5 Å². The molecule has 0 aromatic heterocycles. The molecule has 6 N–H and O–H groups in total. The lowest BCUT2D eigenvalue weighted by atomic mass is 10.2. The van der Waals surface area contributed by atoms with E-state index in [1.165, 1.54) is 24.5 Å². The average molecular weight is 347 g/mol. The Morgan fingerprint density at radius 3 is 2.08 bits per heavy atom. The Labute approximate surface area is 143 Å². The summed E-state index contributed by atoms with van der Waals surface area (Å²) in [6.07, 6.45) is 0. The van der Waals surface area contributed by atoms with E-state index in [0.717, 1.165) is 0 Å². The number of phenolic OH excluding ortho intramolecular Hbond substituents is 1. The Bertz CT molecular complexity index is 746. The number of anilines is 1. The molecule has 0 atom stereocenters. The minimum absolute atomic E-state index is 0.0958. The topological polar surface area (TPSA) is 151 Å². The monoisotopic (exact) mass is 347 g/mol. The number of amides is 3. The van der Waals surface area contributed by atoms with Gasteiger partial charge in [-0.2, -0.15) is 0 Å². The first-order valence-corrected chi connectivity index (χ1v) is 6.91. The van der Waals surface area contributed by atoms with Crippen LogP contribution in [0.5, 0.6) is 11.5 Å². The molecule has 0 aliphatic rings. The van der Waals surface area contributed by atoms with Gasteiger partial charge in [-0.3, -0.25) is 10.0 Å². The second kappa shape index (κ2) is 9.53. The van der Waals surface area contributed by atoms with Crippen molar-refractivity contribution in [3.05, 3.63) is 54.1 Å². The molecular weight excluding hydrogens is 330 g/mol. The number of esters is 1. The van der Waals surface area contributed by atoms with Crippen LogP contribution < -0.4 is 21.3 Å². The van der Waals surface area contributed by atoms with Gasteiger partial charge in [-0.15, -0.1) is 0 Å². The maximum absolute atomic E-state index is 11.8. The van der Waals surface area contributed by atoms with Gasteiger partial charge in [0.15, 0.2) is 0 Å². The van der Waals surface area contributed by atoms with E-state index in [0.29, 0.717) is 11.4 Å². The van der Waals surface area contributed by atoms with Crippen LogP contribution in [-0.4, -0.2) is 28.2 Å². The van der Waals surface area contributed by atoms with Crippen LogP contribution in [0.4, 0.5) is 10.5 Å². The Balaban J connectivity index is 0.000000550. The Kier molecular flexibility index (Phi) is 7.41. The second-order valence-electron chi connectivity index (χ2n) is 4.59. The highest BCUT2D eigenvalue weighted by Gasteiger charge is 2.12. The summed E-state index contributed by atoms with van der Waals surface area (Å²) in [5.74, 6) is -0.626. The van der Waals surface area contributed by atoms with Gasteiger partial charge in [0.05, 0.1) is 0 Å². The SMILES string of the molecule is CC(=O)Nc1ccc(OC(=O)c2ccccc2O)cc1.NC(=O)NO. The third-order valence-electron chi connectivity index (χ3n) is 2.62. The molecule has 0 spiro atoms. The molecule has 2 aromatic carbocycles. The van der Waals surface area contributed by atoms with Gasteiger partial charge >= 0.3 is 12.0 Å². The number of nitrogens with one attached hydrogen (secondary N) is 2. The van der Waals surface area contributed by atoms with E-state index < -0.39 is 12.0 Å². The molecule has 0 radical (unpaired) electrons. The van der Waals surface area contributed by atoms with Gasteiger partial charge in [0.2, 0.25) is 5.91 Å². The van der Waals surface area contributed by atoms with E-state index in [1.807, 2.05) is 0 Å². The summed E-state index contributed by atoms with van der Waals surface area (Å²) in [5.41, 5.74) is 6.17. The van der Waals surface area contributed by atoms with Crippen molar-refractivity contribution in [2.24, 2.45) is 5.73 Å². The van der Waals surface area contributed by atoms with Crippen molar-refractivity contribution in [3.63, 3.8) is 0 Å². The van der Waals surface area contributed by atoms with Crippen molar-refractivity contribution < 1.29 is 29.4 Å². The molecule has 132 valence electrons. The summed E-state index contributed by atoms with van der Waals surface area (Å²) in [4.78, 5) is 31.9. The lowest BCUT2D eigenvalue weighted by Gasteiger charge is -2.07. The number of phenols is 1. The number of aromatic hydroxyl groups is 1. The maximum Gasteiger partial charge on any atom is 0.347 e. The molecule has 0 unspecified atom stereocenters. The third-order valence-corrected chi connectivity index (χ3v) is 2.62. The van der Waals surface area contributed by atoms with Gasteiger partial charge in [0.1, 0.15) is 17.1 Å². The number of hydrogen-bond donors (Lipinski definition) is 5. The highest BCUT2D eigenvalue weighted by atomic mass is 16.5. The standard InChI is InChI=1S/C15H13NO4.CH4N2O2/c1-10(17)16-11-6-8-12(9-7-11)20-15(19)13-4-2-3-5-14(13)18;2-1(4)3-5/h2-9,18H,1H3,(H,16,17);5H,(H3,2,3,4). The smallest absolute Gasteiger partial charge is 0.347 e. The molecule has 0 aliphatic heterocycles. The van der Waals surface area contributed by atoms with E-state index in [2.05, 4.69) is 11.1 Å². The van der Waals surface area contributed by atoms with E-state index >= 15 is 0 Å². The van der Waals surface area contributed by atoms with E-state index in [4.69, 9.17) is 9.94 Å². The molecule has 9 nitrogen and oxygen atoms in total. The highest BCUT2D eigenvalue weighted by molar-refractivity contribution is 5.94. The van der Waals surface area contributed by atoms with Crippen molar-refractivity contribution in [2.75, 3.05) is 5.32 Å². The zero-order valence-corrected chi connectivity index (χ0v) is 13.2. The second-order valence-corrected chi connectivity index (χ2v) is 4.59. The minimum atomic E-state index is -0.940. The number of carbonyl (C=O) groups is 3. The number of rotatable bonds is 3. The van der Waals surface area contributed by atoms with Crippen LogP contribution in [0, 0.1) is 0 Å². The zero-order valence-electron chi connectivity index (χ0n) is 13.2. The summed E-state index contributed by atoms with van der Waals surface area (Å²) in [6.45, 7) is 1.41. The van der Waals surface area contributed by atoms with Gasteiger partial charge in [-0.1, -0.05) is 12.1 Å². The van der Waals surface area contributed by atoms with E-state index in [1.54, 1.807) is 36.4 Å². The first-order valence-electron chi connectivity index (χ1n) is 6.91. The largest absolute Gasteiger partial charge is 0.507 e. The van der Waals surface area contributed by atoms with Crippen molar-refractivity contribution in [1.29, 1.82) is 0 Å². The number of ether oxygens (including phenoxy) is 1. The number of carbonyl (C=O) groups excluding carboxylic acids is 3. The van der Waals surface area contributed by atoms with E-state index in [9.17, 15) is 19.5 Å². The Hall–Kier alpha value is -3.59. The lowest BCUT2D eigenvalue weighted by molar-refractivity contribution is -0.114. The van der Waals surface area contributed by atoms with Crippen LogP contribution in [0.15, 0.2) is 48.5 Å². The molecule has 0 fully saturated rings. The summed E-state index contributed by atoms with van der Waals surface area (Å²) in [5, 5.41) is 19.6. The number of urea groups is 1. The summed E-state index contributed by atoms with van der Waals surface area (Å²) < 4.78 is 5.13. The Morgan fingerprint density at radius 2 is 1.60 bits per heavy atom. The van der Waals surface area contributed by atoms with Crippen LogP contribution in [0.25, 0.3) is 0 Å². The fourth-order valence-electron chi connectivity index (χ4n) is 1.62. The lowest BCUT2D eigenvalue weighted by Crippen LogP contribution is -2.25. The summed E-state index contributed by atoms with van der Waals surface area (Å²) >= 11 is 0. The molecule has 9 heteroatoms. The van der Waals surface area contributed by atoms with Crippen LogP contribution in [0.1, 0.15) is 17.3 Å². The molecule has 2 aromatic rings. The molecule has 0 saturated heterocycles. The fraction of sp³-hybridized carbons (Fsp3) is 0.0625. The van der Waals surface area contributed by atoms with Crippen LogP contribution in [0.3, 0.4) is 0 Å². The maximum atomic E-state index is 11.8. The number of hydrogen-bond acceptors (Lipinski definition) is 6. The Morgan fingerprint density at radius 1 is 1.04 bits per heavy atom. The third kappa shape index (κ3) is 7.01. The first-order chi connectivity index (χ1) is 11.8. The van der Waals surface area contributed by atoms with Crippen LogP contribution in [-0.2, 0) is 4.79 Å². The number of hydroxylamine groups is 1. The van der Waals surface area contributed by atoms with Crippen molar-refractivity contribution >= 4 is 23.6 Å². The fourth-order valence-corrected chi connectivity index (χ4v) is 1.62. The van der Waals surface area contributed by atoms with Crippen molar-refractivity contribution in [2.45, 2.75) is 6.92 Å². The highest BCUT2D eigenvalue weighted by Crippen LogP contribution is 2.20. The predicted molar refractivity (Wildman–Crippen MR) is 88.3 cm³/mol. The number of primary amides is 1. The number of benzene rings is 2. The predicted octanol–water partition coefficient (Wildman–Crippen LogP) is 1.61. The molecule has 0 bridgehead atoms. The molecule has 0 heterocycles.